The van der Waals surface area contributed by atoms with E-state index in [4.69, 9.17) is 28.9 Å². The van der Waals surface area contributed by atoms with Crippen molar-refractivity contribution in [3.63, 3.8) is 0 Å². The molecule has 0 radical (unpaired) electrons. The maximum atomic E-state index is 11.7. The summed E-state index contributed by atoms with van der Waals surface area (Å²) in [7, 11) is -3.55. The zero-order valence-electron chi connectivity index (χ0n) is 7.66. The molecule has 0 saturated heterocycles. The number of sulfonamides is 1. The van der Waals surface area contributed by atoms with Crippen molar-refractivity contribution in [2.75, 3.05) is 13.1 Å². The summed E-state index contributed by atoms with van der Waals surface area (Å²) in [5.41, 5.74) is 5.25. The molecule has 3 N–H and O–H groups in total. The highest BCUT2D eigenvalue weighted by Gasteiger charge is 2.19. The van der Waals surface area contributed by atoms with Crippen LogP contribution in [0.3, 0.4) is 0 Å². The highest BCUT2D eigenvalue weighted by molar-refractivity contribution is 7.89. The molecule has 0 bridgehead atoms. The lowest BCUT2D eigenvalue weighted by Crippen LogP contribution is -2.26. The Morgan fingerprint density at radius 3 is 2.60 bits per heavy atom. The summed E-state index contributed by atoms with van der Waals surface area (Å²) in [6.07, 6.45) is 0.578. The Labute approximate surface area is 102 Å². The maximum absolute atomic E-state index is 11.7. The van der Waals surface area contributed by atoms with Gasteiger partial charge in [0, 0.05) is 6.54 Å². The first kappa shape index (κ1) is 13.2. The molecule has 86 valence electrons. The third kappa shape index (κ3) is 3.58. The van der Waals surface area contributed by atoms with Gasteiger partial charge in [-0.25, -0.2) is 13.1 Å². The number of nitrogens with two attached hydrogens (primary N) is 1. The number of halogens is 2. The molecule has 15 heavy (non-hydrogen) atoms. The molecule has 0 unspecified atom stereocenters. The van der Waals surface area contributed by atoms with Crippen LogP contribution in [0.1, 0.15) is 6.42 Å². The molecular weight excluding hydrogens is 279 g/mol. The summed E-state index contributed by atoms with van der Waals surface area (Å²) in [6.45, 7) is 0.725. The van der Waals surface area contributed by atoms with E-state index in [-0.39, 0.29) is 9.23 Å². The summed E-state index contributed by atoms with van der Waals surface area (Å²) >= 11 is 12.4. The molecule has 0 amide bonds. The van der Waals surface area contributed by atoms with Gasteiger partial charge in [-0.1, -0.05) is 23.2 Å². The normalized spacial score (nSPS) is 11.9. The van der Waals surface area contributed by atoms with Crippen molar-refractivity contribution in [2.24, 2.45) is 5.73 Å². The van der Waals surface area contributed by atoms with Gasteiger partial charge in [-0.05, 0) is 19.0 Å². The SMILES string of the molecule is NCCCNS(=O)(=O)c1cc(Cl)sc1Cl. The molecule has 1 aromatic heterocycles. The van der Waals surface area contributed by atoms with Crippen LogP contribution in [0, 0.1) is 0 Å². The zero-order chi connectivity index (χ0) is 11.5. The van der Waals surface area contributed by atoms with E-state index in [9.17, 15) is 8.42 Å². The van der Waals surface area contributed by atoms with E-state index in [1.165, 1.54) is 6.07 Å². The van der Waals surface area contributed by atoms with Crippen molar-refractivity contribution in [3.8, 4) is 0 Å². The minimum absolute atomic E-state index is 0.0242. The van der Waals surface area contributed by atoms with Crippen LogP contribution in [0.2, 0.25) is 8.67 Å². The third-order valence-electron chi connectivity index (χ3n) is 1.59. The lowest BCUT2D eigenvalue weighted by atomic mass is 10.4. The van der Waals surface area contributed by atoms with Crippen LogP contribution in [0.25, 0.3) is 0 Å². The lowest BCUT2D eigenvalue weighted by Gasteiger charge is -2.03. The van der Waals surface area contributed by atoms with Crippen molar-refractivity contribution >= 4 is 44.6 Å². The standard InChI is InChI=1S/C7H10Cl2N2O2S2/c8-6-4-5(7(9)14-6)15(12,13)11-3-1-2-10/h4,11H,1-3,10H2. The molecule has 1 heterocycles. The molecular formula is C7H10Cl2N2O2S2. The van der Waals surface area contributed by atoms with E-state index < -0.39 is 10.0 Å². The fraction of sp³-hybridized carbons (Fsp3) is 0.429. The van der Waals surface area contributed by atoms with Crippen LogP contribution in [-0.4, -0.2) is 21.5 Å². The Kier molecular flexibility index (Phi) is 4.82. The van der Waals surface area contributed by atoms with E-state index in [1.807, 2.05) is 0 Å². The summed E-state index contributed by atoms with van der Waals surface area (Å²) < 4.78 is 26.2. The maximum Gasteiger partial charge on any atom is 0.242 e. The highest BCUT2D eigenvalue weighted by atomic mass is 35.5. The predicted octanol–water partition coefficient (Wildman–Crippen LogP) is 1.68. The van der Waals surface area contributed by atoms with Gasteiger partial charge in [0.25, 0.3) is 0 Å². The topological polar surface area (TPSA) is 72.2 Å². The molecule has 0 aliphatic rings. The molecule has 4 nitrogen and oxygen atoms in total. The average molecular weight is 289 g/mol. The van der Waals surface area contributed by atoms with E-state index in [0.29, 0.717) is 23.8 Å². The van der Waals surface area contributed by atoms with Crippen LogP contribution in [0.15, 0.2) is 11.0 Å². The van der Waals surface area contributed by atoms with Gasteiger partial charge in [0.15, 0.2) is 0 Å². The second-order valence-electron chi connectivity index (χ2n) is 2.73. The summed E-state index contributed by atoms with van der Waals surface area (Å²) in [4.78, 5) is 0.0242. The number of hydrogen-bond acceptors (Lipinski definition) is 4. The van der Waals surface area contributed by atoms with Gasteiger partial charge in [-0.2, -0.15) is 0 Å². The van der Waals surface area contributed by atoms with Crippen LogP contribution in [-0.2, 0) is 10.0 Å². The smallest absolute Gasteiger partial charge is 0.242 e. The Morgan fingerprint density at radius 2 is 2.13 bits per heavy atom. The van der Waals surface area contributed by atoms with Crippen LogP contribution in [0.4, 0.5) is 0 Å². The predicted molar refractivity (Wildman–Crippen MR) is 63.2 cm³/mol. The molecule has 1 rings (SSSR count). The Bertz CT molecular complexity index is 430. The Balaban J connectivity index is 2.82. The fourth-order valence-electron chi connectivity index (χ4n) is 0.895. The molecule has 0 aromatic carbocycles. The minimum Gasteiger partial charge on any atom is -0.330 e. The van der Waals surface area contributed by atoms with E-state index >= 15 is 0 Å². The highest BCUT2D eigenvalue weighted by Crippen LogP contribution is 2.33. The number of rotatable bonds is 5. The summed E-state index contributed by atoms with van der Waals surface area (Å²) in [5.74, 6) is 0. The largest absolute Gasteiger partial charge is 0.330 e. The monoisotopic (exact) mass is 288 g/mol. The summed E-state index contributed by atoms with van der Waals surface area (Å²) in [6, 6.07) is 1.33. The number of hydrogen-bond donors (Lipinski definition) is 2. The first-order valence-electron chi connectivity index (χ1n) is 4.12. The van der Waals surface area contributed by atoms with Crippen molar-refractivity contribution in [1.29, 1.82) is 0 Å². The Morgan fingerprint density at radius 1 is 1.47 bits per heavy atom. The second-order valence-corrected chi connectivity index (χ2v) is 6.75. The first-order chi connectivity index (χ1) is 6.97. The van der Waals surface area contributed by atoms with E-state index in [0.717, 1.165) is 11.3 Å². The quantitative estimate of drug-likeness (QED) is 0.810. The van der Waals surface area contributed by atoms with E-state index in [2.05, 4.69) is 4.72 Å². The van der Waals surface area contributed by atoms with Gasteiger partial charge in [0.05, 0.1) is 4.34 Å². The van der Waals surface area contributed by atoms with Gasteiger partial charge >= 0.3 is 0 Å². The van der Waals surface area contributed by atoms with Gasteiger partial charge in [0.2, 0.25) is 10.0 Å². The van der Waals surface area contributed by atoms with Crippen LogP contribution in [0.5, 0.6) is 0 Å². The van der Waals surface area contributed by atoms with Gasteiger partial charge in [-0.3, -0.25) is 0 Å². The molecule has 0 aliphatic heterocycles. The molecule has 1 aromatic rings. The van der Waals surface area contributed by atoms with Gasteiger partial charge in [0.1, 0.15) is 9.23 Å². The number of nitrogens with one attached hydrogen (secondary N) is 1. The van der Waals surface area contributed by atoms with Crippen molar-refractivity contribution in [3.05, 3.63) is 14.7 Å². The molecule has 0 saturated carbocycles. The zero-order valence-corrected chi connectivity index (χ0v) is 10.8. The molecule has 8 heteroatoms. The van der Waals surface area contributed by atoms with Crippen molar-refractivity contribution < 1.29 is 8.42 Å². The van der Waals surface area contributed by atoms with Crippen molar-refractivity contribution in [1.82, 2.24) is 4.72 Å². The van der Waals surface area contributed by atoms with Crippen LogP contribution >= 0.6 is 34.5 Å². The molecule has 0 spiro atoms. The summed E-state index contributed by atoms with van der Waals surface area (Å²) in [5, 5.41) is 0. The lowest BCUT2D eigenvalue weighted by molar-refractivity contribution is 0.580. The molecule has 0 aliphatic carbocycles. The minimum atomic E-state index is -3.55. The third-order valence-corrected chi connectivity index (χ3v) is 4.80. The van der Waals surface area contributed by atoms with E-state index in [1.54, 1.807) is 0 Å². The van der Waals surface area contributed by atoms with Crippen molar-refractivity contribution in [2.45, 2.75) is 11.3 Å². The molecule has 0 fully saturated rings. The fourth-order valence-corrected chi connectivity index (χ4v) is 4.12. The number of thiophene rings is 1. The van der Waals surface area contributed by atoms with Crippen LogP contribution < -0.4 is 10.5 Å². The van der Waals surface area contributed by atoms with Gasteiger partial charge < -0.3 is 5.73 Å². The first-order valence-corrected chi connectivity index (χ1v) is 7.17. The second kappa shape index (κ2) is 5.47. The average Bonchev–Trinajstić information content (AvgIpc) is 2.46. The molecule has 0 atom stereocenters. The Hall–Kier alpha value is 0.150. The van der Waals surface area contributed by atoms with Gasteiger partial charge in [-0.15, -0.1) is 11.3 Å².